The molecule has 0 fully saturated rings. The summed E-state index contributed by atoms with van der Waals surface area (Å²) in [6, 6.07) is 4.44. The van der Waals surface area contributed by atoms with E-state index in [0.29, 0.717) is 11.0 Å². The third-order valence-electron chi connectivity index (χ3n) is 2.06. The van der Waals surface area contributed by atoms with Gasteiger partial charge in [0.05, 0.1) is 17.6 Å². The fourth-order valence-corrected chi connectivity index (χ4v) is 1.88. The average molecular weight is 285 g/mol. The molecule has 2 rings (SSSR count). The van der Waals surface area contributed by atoms with Gasteiger partial charge in [-0.05, 0) is 41.2 Å². The molecule has 0 atom stereocenters. The Balaban J connectivity index is 2.35. The van der Waals surface area contributed by atoms with Gasteiger partial charge in [0.2, 0.25) is 0 Å². The molecule has 84 valence electrons. The van der Waals surface area contributed by atoms with E-state index in [-0.39, 0.29) is 5.82 Å². The number of aromatic nitrogens is 3. The van der Waals surface area contributed by atoms with Crippen LogP contribution in [-0.2, 0) is 6.54 Å². The maximum Gasteiger partial charge on any atom is 0.124 e. The molecule has 0 spiro atoms. The number of halogens is 2. The Bertz CT molecular complexity index is 497. The van der Waals surface area contributed by atoms with E-state index in [0.717, 1.165) is 11.4 Å². The van der Waals surface area contributed by atoms with Crippen LogP contribution in [0.3, 0.4) is 0 Å². The van der Waals surface area contributed by atoms with Crippen molar-refractivity contribution in [3.63, 3.8) is 0 Å². The summed E-state index contributed by atoms with van der Waals surface area (Å²) in [7, 11) is 1.84. The molecule has 0 saturated carbocycles. The minimum atomic E-state index is -0.286. The van der Waals surface area contributed by atoms with Gasteiger partial charge in [0, 0.05) is 11.0 Å². The molecule has 0 unspecified atom stereocenters. The minimum absolute atomic E-state index is 0.286. The molecule has 0 amide bonds. The second kappa shape index (κ2) is 4.71. The van der Waals surface area contributed by atoms with Crippen molar-refractivity contribution in [2.75, 3.05) is 7.05 Å². The van der Waals surface area contributed by atoms with E-state index in [1.807, 2.05) is 7.05 Å². The van der Waals surface area contributed by atoms with E-state index in [1.165, 1.54) is 12.1 Å². The van der Waals surface area contributed by atoms with Gasteiger partial charge in [-0.3, -0.25) is 0 Å². The van der Waals surface area contributed by atoms with E-state index in [4.69, 9.17) is 0 Å². The van der Waals surface area contributed by atoms with Crippen molar-refractivity contribution in [1.82, 2.24) is 20.3 Å². The maximum absolute atomic E-state index is 12.9. The van der Waals surface area contributed by atoms with E-state index in [9.17, 15) is 4.39 Å². The van der Waals surface area contributed by atoms with Gasteiger partial charge < -0.3 is 5.32 Å². The average Bonchev–Trinajstić information content (AvgIpc) is 2.67. The van der Waals surface area contributed by atoms with Crippen molar-refractivity contribution < 1.29 is 4.39 Å². The lowest BCUT2D eigenvalue weighted by Gasteiger charge is -2.02. The summed E-state index contributed by atoms with van der Waals surface area (Å²) < 4.78 is 15.2. The molecule has 1 aromatic carbocycles. The number of rotatable bonds is 3. The molecule has 0 aliphatic rings. The first kappa shape index (κ1) is 11.2. The SMILES string of the molecule is CNCc1cn(-c2ccc(F)cc2Br)nn1. The van der Waals surface area contributed by atoms with Crippen LogP contribution in [0.1, 0.15) is 5.69 Å². The summed E-state index contributed by atoms with van der Waals surface area (Å²) >= 11 is 3.29. The zero-order valence-electron chi connectivity index (χ0n) is 8.61. The summed E-state index contributed by atoms with van der Waals surface area (Å²) in [4.78, 5) is 0. The van der Waals surface area contributed by atoms with Gasteiger partial charge in [0.25, 0.3) is 0 Å². The Labute approximate surface area is 101 Å². The predicted molar refractivity (Wildman–Crippen MR) is 61.8 cm³/mol. The van der Waals surface area contributed by atoms with Gasteiger partial charge >= 0.3 is 0 Å². The third kappa shape index (κ3) is 2.28. The first-order valence-corrected chi connectivity index (χ1v) is 5.51. The standard InChI is InChI=1S/C10H10BrFN4/c1-13-5-8-6-16(15-14-8)10-3-2-7(12)4-9(10)11/h2-4,6,13H,5H2,1H3. The van der Waals surface area contributed by atoms with Crippen molar-refractivity contribution in [3.05, 3.63) is 40.4 Å². The van der Waals surface area contributed by atoms with Gasteiger partial charge in [-0.2, -0.15) is 0 Å². The highest BCUT2D eigenvalue weighted by atomic mass is 79.9. The first-order valence-electron chi connectivity index (χ1n) is 4.72. The van der Waals surface area contributed by atoms with Crippen molar-refractivity contribution in [2.45, 2.75) is 6.54 Å². The number of nitrogens with one attached hydrogen (secondary N) is 1. The summed E-state index contributed by atoms with van der Waals surface area (Å²) in [6.07, 6.45) is 1.80. The fraction of sp³-hybridized carbons (Fsp3) is 0.200. The van der Waals surface area contributed by atoms with Crippen LogP contribution < -0.4 is 5.32 Å². The van der Waals surface area contributed by atoms with E-state index in [2.05, 4.69) is 31.6 Å². The summed E-state index contributed by atoms with van der Waals surface area (Å²) in [6.45, 7) is 0.652. The van der Waals surface area contributed by atoms with Crippen LogP contribution >= 0.6 is 15.9 Å². The molecule has 2 aromatic rings. The normalized spacial score (nSPS) is 10.7. The monoisotopic (exact) mass is 284 g/mol. The summed E-state index contributed by atoms with van der Waals surface area (Å²) in [5.74, 6) is -0.286. The van der Waals surface area contributed by atoms with Crippen molar-refractivity contribution in [3.8, 4) is 5.69 Å². The molecule has 1 N–H and O–H groups in total. The van der Waals surface area contributed by atoms with Crippen LogP contribution in [0.5, 0.6) is 0 Å². The van der Waals surface area contributed by atoms with Gasteiger partial charge in [0.1, 0.15) is 5.82 Å². The summed E-state index contributed by atoms with van der Waals surface area (Å²) in [5.41, 5.74) is 1.59. The lowest BCUT2D eigenvalue weighted by molar-refractivity contribution is 0.625. The van der Waals surface area contributed by atoms with Crippen molar-refractivity contribution in [2.24, 2.45) is 0 Å². The number of hydrogen-bond acceptors (Lipinski definition) is 3. The molecule has 0 aliphatic carbocycles. The maximum atomic E-state index is 12.9. The second-order valence-corrected chi connectivity index (χ2v) is 4.13. The van der Waals surface area contributed by atoms with Crippen molar-refractivity contribution >= 4 is 15.9 Å². The van der Waals surface area contributed by atoms with Crippen LogP contribution in [0.15, 0.2) is 28.9 Å². The Morgan fingerprint density at radius 3 is 3.00 bits per heavy atom. The highest BCUT2D eigenvalue weighted by Gasteiger charge is 2.06. The molecule has 1 heterocycles. The lowest BCUT2D eigenvalue weighted by Crippen LogP contribution is -2.05. The fourth-order valence-electron chi connectivity index (χ4n) is 1.35. The Hall–Kier alpha value is -1.27. The Kier molecular flexibility index (Phi) is 3.31. The zero-order valence-corrected chi connectivity index (χ0v) is 10.2. The zero-order chi connectivity index (χ0) is 11.5. The predicted octanol–water partition coefficient (Wildman–Crippen LogP) is 1.89. The highest BCUT2D eigenvalue weighted by Crippen LogP contribution is 2.21. The molecule has 16 heavy (non-hydrogen) atoms. The molecule has 0 saturated heterocycles. The number of hydrogen-bond donors (Lipinski definition) is 1. The summed E-state index contributed by atoms with van der Waals surface area (Å²) in [5, 5.41) is 10.9. The Morgan fingerprint density at radius 2 is 2.31 bits per heavy atom. The van der Waals surface area contributed by atoms with Gasteiger partial charge in [-0.25, -0.2) is 9.07 Å². The van der Waals surface area contributed by atoms with Crippen molar-refractivity contribution in [1.29, 1.82) is 0 Å². The second-order valence-electron chi connectivity index (χ2n) is 3.28. The van der Waals surface area contributed by atoms with E-state index in [1.54, 1.807) is 16.9 Å². The lowest BCUT2D eigenvalue weighted by atomic mass is 10.3. The number of nitrogens with zero attached hydrogens (tertiary/aromatic N) is 3. The molecule has 6 heteroatoms. The minimum Gasteiger partial charge on any atom is -0.314 e. The van der Waals surface area contributed by atoms with Gasteiger partial charge in [-0.1, -0.05) is 5.21 Å². The highest BCUT2D eigenvalue weighted by molar-refractivity contribution is 9.10. The smallest absolute Gasteiger partial charge is 0.124 e. The third-order valence-corrected chi connectivity index (χ3v) is 2.69. The first-order chi connectivity index (χ1) is 7.70. The van der Waals surface area contributed by atoms with Gasteiger partial charge in [0.15, 0.2) is 0 Å². The van der Waals surface area contributed by atoms with E-state index < -0.39 is 0 Å². The van der Waals surface area contributed by atoms with Crippen LogP contribution in [0.2, 0.25) is 0 Å². The molecule has 1 aromatic heterocycles. The van der Waals surface area contributed by atoms with Crippen LogP contribution in [0, 0.1) is 5.82 Å². The molecular formula is C10H10BrFN4. The molecule has 4 nitrogen and oxygen atoms in total. The molecule has 0 aliphatic heterocycles. The largest absolute Gasteiger partial charge is 0.314 e. The van der Waals surface area contributed by atoms with Crippen LogP contribution in [0.4, 0.5) is 4.39 Å². The van der Waals surface area contributed by atoms with E-state index >= 15 is 0 Å². The molecule has 0 bridgehead atoms. The molecular weight excluding hydrogens is 275 g/mol. The number of benzene rings is 1. The van der Waals surface area contributed by atoms with Crippen LogP contribution in [-0.4, -0.2) is 22.0 Å². The van der Waals surface area contributed by atoms with Gasteiger partial charge in [-0.15, -0.1) is 5.10 Å². The topological polar surface area (TPSA) is 42.7 Å². The quantitative estimate of drug-likeness (QED) is 0.936. The van der Waals surface area contributed by atoms with Crippen LogP contribution in [0.25, 0.3) is 5.69 Å². The Morgan fingerprint density at radius 1 is 1.50 bits per heavy atom. The molecule has 0 radical (unpaired) electrons.